The average molecular weight is 294 g/mol. The fourth-order valence-electron chi connectivity index (χ4n) is 2.28. The second-order valence-electron chi connectivity index (χ2n) is 4.82. The van der Waals surface area contributed by atoms with Gasteiger partial charge in [-0.05, 0) is 18.4 Å². The number of allylic oxidation sites excluding steroid dienone is 1. The number of hydrogen-bond acceptors (Lipinski definition) is 6. The summed E-state index contributed by atoms with van der Waals surface area (Å²) in [5.41, 5.74) is 0. The molecule has 1 heterocycles. The lowest BCUT2D eigenvalue weighted by Crippen LogP contribution is -2.38. The first-order valence-electron chi connectivity index (χ1n) is 6.58. The molecule has 7 heteroatoms. The van der Waals surface area contributed by atoms with E-state index in [1.54, 1.807) is 6.08 Å². The molecule has 0 amide bonds. The van der Waals surface area contributed by atoms with E-state index in [9.17, 15) is 9.90 Å². The molecule has 1 N–H and O–H groups in total. The second kappa shape index (κ2) is 6.43. The number of hydrogen-bond donors (Lipinski definition) is 1. The van der Waals surface area contributed by atoms with Crippen molar-refractivity contribution in [3.8, 4) is 17.8 Å². The van der Waals surface area contributed by atoms with E-state index in [-0.39, 0.29) is 23.7 Å². The van der Waals surface area contributed by atoms with Crippen LogP contribution in [0.5, 0.6) is 17.8 Å². The fraction of sp³-hybridized carbons (Fsp3) is 0.500. The van der Waals surface area contributed by atoms with Crippen LogP contribution in [-0.2, 0) is 4.79 Å². The highest BCUT2D eigenvalue weighted by molar-refractivity contribution is 5.71. The lowest BCUT2D eigenvalue weighted by Gasteiger charge is -2.29. The minimum absolute atomic E-state index is 0.0231. The summed E-state index contributed by atoms with van der Waals surface area (Å²) < 4.78 is 15.7. The molecule has 0 radical (unpaired) electrons. The van der Waals surface area contributed by atoms with Crippen molar-refractivity contribution < 1.29 is 24.1 Å². The number of nitrogens with zero attached hydrogens (tertiary/aromatic N) is 2. The minimum Gasteiger partial charge on any atom is -0.481 e. The molecule has 0 aliphatic heterocycles. The molecular weight excluding hydrogens is 276 g/mol. The zero-order chi connectivity index (χ0) is 15.4. The van der Waals surface area contributed by atoms with Gasteiger partial charge < -0.3 is 19.3 Å². The number of rotatable bonds is 5. The normalized spacial score (nSPS) is 24.4. The first kappa shape index (κ1) is 15.1. The predicted octanol–water partition coefficient (Wildman–Crippen LogP) is 1.54. The number of ether oxygens (including phenoxy) is 3. The Balaban J connectivity index is 2.25. The highest BCUT2D eigenvalue weighted by Gasteiger charge is 2.35. The third-order valence-electron chi connectivity index (χ3n) is 3.40. The molecule has 0 saturated heterocycles. The van der Waals surface area contributed by atoms with Gasteiger partial charge in [0.2, 0.25) is 11.8 Å². The van der Waals surface area contributed by atoms with Crippen molar-refractivity contribution in [3.63, 3.8) is 0 Å². The van der Waals surface area contributed by atoms with Gasteiger partial charge >= 0.3 is 12.0 Å². The van der Waals surface area contributed by atoms with Crippen molar-refractivity contribution in [3.05, 3.63) is 18.2 Å². The molecule has 0 saturated carbocycles. The van der Waals surface area contributed by atoms with Gasteiger partial charge in [-0.25, -0.2) is 0 Å². The van der Waals surface area contributed by atoms with E-state index in [0.29, 0.717) is 6.42 Å². The van der Waals surface area contributed by atoms with Crippen LogP contribution in [0.1, 0.15) is 13.3 Å². The quantitative estimate of drug-likeness (QED) is 0.823. The molecule has 0 spiro atoms. The number of carboxylic acid groups (broad SMARTS) is 1. The molecule has 21 heavy (non-hydrogen) atoms. The lowest BCUT2D eigenvalue weighted by atomic mass is 9.82. The second-order valence-corrected chi connectivity index (χ2v) is 4.82. The third kappa shape index (κ3) is 3.42. The van der Waals surface area contributed by atoms with Gasteiger partial charge in [-0.1, -0.05) is 13.0 Å². The average Bonchev–Trinajstić information content (AvgIpc) is 2.46. The van der Waals surface area contributed by atoms with E-state index in [2.05, 4.69) is 9.97 Å². The van der Waals surface area contributed by atoms with Gasteiger partial charge in [0.25, 0.3) is 0 Å². The van der Waals surface area contributed by atoms with Gasteiger partial charge in [0, 0.05) is 0 Å². The van der Waals surface area contributed by atoms with Crippen LogP contribution in [0.25, 0.3) is 0 Å². The van der Waals surface area contributed by atoms with Crippen molar-refractivity contribution in [2.75, 3.05) is 14.2 Å². The van der Waals surface area contributed by atoms with Gasteiger partial charge in [-0.2, -0.15) is 9.97 Å². The summed E-state index contributed by atoms with van der Waals surface area (Å²) in [6, 6.07) is 1.54. The third-order valence-corrected chi connectivity index (χ3v) is 3.40. The molecule has 7 nitrogen and oxygen atoms in total. The Morgan fingerprint density at radius 2 is 1.90 bits per heavy atom. The Morgan fingerprint density at radius 1 is 1.29 bits per heavy atom. The van der Waals surface area contributed by atoms with Crippen LogP contribution in [0.3, 0.4) is 0 Å². The van der Waals surface area contributed by atoms with Crippen molar-refractivity contribution in [1.82, 2.24) is 9.97 Å². The summed E-state index contributed by atoms with van der Waals surface area (Å²) in [4.78, 5) is 19.5. The molecule has 2 rings (SSSR count). The molecule has 0 fully saturated rings. The molecule has 3 unspecified atom stereocenters. The predicted molar refractivity (Wildman–Crippen MR) is 73.6 cm³/mol. The highest BCUT2D eigenvalue weighted by Crippen LogP contribution is 2.29. The number of carboxylic acids is 1. The van der Waals surface area contributed by atoms with E-state index in [0.717, 1.165) is 0 Å². The SMILES string of the molecule is COc1cc(OC)nc(OC2C=CCC(C)C2C(=O)O)n1. The van der Waals surface area contributed by atoms with Gasteiger partial charge in [0.05, 0.1) is 20.3 Å². The number of aliphatic carboxylic acids is 1. The minimum atomic E-state index is -0.897. The lowest BCUT2D eigenvalue weighted by molar-refractivity contribution is -0.146. The van der Waals surface area contributed by atoms with Crippen LogP contribution in [0.4, 0.5) is 0 Å². The zero-order valence-corrected chi connectivity index (χ0v) is 12.1. The number of methoxy groups -OCH3 is 2. The Morgan fingerprint density at radius 3 is 2.43 bits per heavy atom. The molecule has 114 valence electrons. The summed E-state index contributed by atoms with van der Waals surface area (Å²) in [7, 11) is 2.93. The molecule has 3 atom stereocenters. The molecule has 1 aliphatic rings. The van der Waals surface area contributed by atoms with Crippen LogP contribution < -0.4 is 14.2 Å². The van der Waals surface area contributed by atoms with E-state index < -0.39 is 18.0 Å². The summed E-state index contributed by atoms with van der Waals surface area (Å²) in [5, 5.41) is 9.35. The molecule has 1 aliphatic carbocycles. The molecule has 1 aromatic rings. The molecule has 0 bridgehead atoms. The van der Waals surface area contributed by atoms with Gasteiger partial charge in [-0.15, -0.1) is 0 Å². The Kier molecular flexibility index (Phi) is 4.62. The smallest absolute Gasteiger partial charge is 0.323 e. The van der Waals surface area contributed by atoms with Crippen LogP contribution >= 0.6 is 0 Å². The highest BCUT2D eigenvalue weighted by atomic mass is 16.5. The number of carbonyl (C=O) groups is 1. The zero-order valence-electron chi connectivity index (χ0n) is 12.1. The topological polar surface area (TPSA) is 90.8 Å². The van der Waals surface area contributed by atoms with Crippen molar-refractivity contribution in [2.45, 2.75) is 19.4 Å². The first-order chi connectivity index (χ1) is 10.0. The van der Waals surface area contributed by atoms with Crippen molar-refractivity contribution in [2.24, 2.45) is 11.8 Å². The van der Waals surface area contributed by atoms with Crippen molar-refractivity contribution in [1.29, 1.82) is 0 Å². The summed E-state index contributed by atoms with van der Waals surface area (Å²) in [6.45, 7) is 1.88. The Labute approximate surface area is 122 Å². The number of aromatic nitrogens is 2. The first-order valence-corrected chi connectivity index (χ1v) is 6.58. The fourth-order valence-corrected chi connectivity index (χ4v) is 2.28. The van der Waals surface area contributed by atoms with Crippen LogP contribution in [0, 0.1) is 11.8 Å². The van der Waals surface area contributed by atoms with Crippen LogP contribution in [0.15, 0.2) is 18.2 Å². The van der Waals surface area contributed by atoms with E-state index >= 15 is 0 Å². The molecule has 1 aromatic heterocycles. The van der Waals surface area contributed by atoms with Gasteiger partial charge in [-0.3, -0.25) is 4.79 Å². The standard InChI is InChI=1S/C14H18N2O5/c1-8-5-4-6-9(12(8)13(17)18)21-14-15-10(19-2)7-11(16-14)20-3/h4,6-9,12H,5H2,1-3H3,(H,17,18). The van der Waals surface area contributed by atoms with Crippen molar-refractivity contribution >= 4 is 5.97 Å². The monoisotopic (exact) mass is 294 g/mol. The molecule has 0 aromatic carbocycles. The Bertz CT molecular complexity index is 524. The van der Waals surface area contributed by atoms with E-state index in [4.69, 9.17) is 14.2 Å². The maximum Gasteiger partial charge on any atom is 0.323 e. The largest absolute Gasteiger partial charge is 0.481 e. The summed E-state index contributed by atoms with van der Waals surface area (Å²) >= 11 is 0. The maximum absolute atomic E-state index is 11.4. The maximum atomic E-state index is 11.4. The molecular formula is C14H18N2O5. The summed E-state index contributed by atoms with van der Waals surface area (Å²) in [5.74, 6) is -0.986. The van der Waals surface area contributed by atoms with E-state index in [1.165, 1.54) is 20.3 Å². The summed E-state index contributed by atoms with van der Waals surface area (Å²) in [6.07, 6.45) is 3.72. The Hall–Kier alpha value is -2.31. The van der Waals surface area contributed by atoms with E-state index in [1.807, 2.05) is 13.0 Å². The van der Waals surface area contributed by atoms with Gasteiger partial charge in [0.15, 0.2) is 0 Å². The van der Waals surface area contributed by atoms with Crippen LogP contribution in [-0.4, -0.2) is 41.4 Å². The van der Waals surface area contributed by atoms with Crippen LogP contribution in [0.2, 0.25) is 0 Å². The van der Waals surface area contributed by atoms with Gasteiger partial charge in [0.1, 0.15) is 12.0 Å².